The number of rotatable bonds is 7. The number of ether oxygens (including phenoxy) is 2. The highest BCUT2D eigenvalue weighted by molar-refractivity contribution is 9.10. The molecule has 4 rings (SSSR count). The van der Waals surface area contributed by atoms with Crippen molar-refractivity contribution in [1.82, 2.24) is 5.43 Å². The SMILES string of the molecule is O=C(N/N=C\c1ccc(OC(=O)c2ccc(Cl)cc2)cc1OC(=O)c1ccc(Cl)cc1)c1cccc(Br)c1. The normalized spacial score (nSPS) is 10.7. The molecule has 1 N–H and O–H groups in total. The van der Waals surface area contributed by atoms with Crippen LogP contribution in [0.25, 0.3) is 0 Å². The molecule has 0 unspecified atom stereocenters. The summed E-state index contributed by atoms with van der Waals surface area (Å²) < 4.78 is 11.8. The molecule has 0 heterocycles. The largest absolute Gasteiger partial charge is 0.423 e. The highest BCUT2D eigenvalue weighted by atomic mass is 79.9. The number of carbonyl (C=O) groups is 3. The van der Waals surface area contributed by atoms with Crippen LogP contribution < -0.4 is 14.9 Å². The predicted molar refractivity (Wildman–Crippen MR) is 148 cm³/mol. The van der Waals surface area contributed by atoms with Crippen LogP contribution in [0.5, 0.6) is 11.5 Å². The van der Waals surface area contributed by atoms with Gasteiger partial charge in [0.2, 0.25) is 0 Å². The molecule has 0 aromatic heterocycles. The molecule has 190 valence electrons. The zero-order chi connectivity index (χ0) is 27.1. The molecule has 0 saturated heterocycles. The van der Waals surface area contributed by atoms with Gasteiger partial charge in [-0.25, -0.2) is 15.0 Å². The Hall–Kier alpha value is -3.98. The number of benzene rings is 4. The number of amides is 1. The van der Waals surface area contributed by atoms with Crippen LogP contribution in [-0.2, 0) is 0 Å². The monoisotopic (exact) mass is 610 g/mol. The van der Waals surface area contributed by atoms with E-state index in [4.69, 9.17) is 32.7 Å². The van der Waals surface area contributed by atoms with E-state index in [0.717, 1.165) is 4.47 Å². The van der Waals surface area contributed by atoms with Crippen LogP contribution >= 0.6 is 39.1 Å². The van der Waals surface area contributed by atoms with Crippen LogP contribution in [0.4, 0.5) is 0 Å². The van der Waals surface area contributed by atoms with Crippen molar-refractivity contribution in [2.75, 3.05) is 0 Å². The topological polar surface area (TPSA) is 94.1 Å². The van der Waals surface area contributed by atoms with Gasteiger partial charge in [0.15, 0.2) is 0 Å². The fourth-order valence-corrected chi connectivity index (χ4v) is 3.78. The molecule has 38 heavy (non-hydrogen) atoms. The average molecular weight is 612 g/mol. The van der Waals surface area contributed by atoms with Crippen LogP contribution in [0, 0.1) is 0 Å². The van der Waals surface area contributed by atoms with Gasteiger partial charge in [0.05, 0.1) is 17.3 Å². The van der Waals surface area contributed by atoms with Crippen molar-refractivity contribution in [1.29, 1.82) is 0 Å². The molecule has 4 aromatic rings. The fraction of sp³-hybridized carbons (Fsp3) is 0. The lowest BCUT2D eigenvalue weighted by Gasteiger charge is -2.11. The molecule has 0 aliphatic heterocycles. The number of nitrogens with zero attached hydrogens (tertiary/aromatic N) is 1. The molecule has 7 nitrogen and oxygen atoms in total. The number of halogens is 3. The fourth-order valence-electron chi connectivity index (χ4n) is 3.12. The Morgan fingerprint density at radius 1 is 0.737 bits per heavy atom. The standard InChI is InChI=1S/C28H17BrCl2N2O5/c29-21-3-1-2-19(14-21)26(34)33-32-16-20-8-13-24(37-27(35)17-4-9-22(30)10-5-17)15-25(20)38-28(36)18-6-11-23(31)12-7-18/h1-16H,(H,33,34)/b32-16-. The quantitative estimate of drug-likeness (QED) is 0.106. The summed E-state index contributed by atoms with van der Waals surface area (Å²) >= 11 is 15.1. The van der Waals surface area contributed by atoms with Crippen LogP contribution in [0.15, 0.2) is 101 Å². The Balaban J connectivity index is 1.56. The van der Waals surface area contributed by atoms with Gasteiger partial charge in [-0.3, -0.25) is 4.79 Å². The summed E-state index contributed by atoms with van der Waals surface area (Å²) in [6.45, 7) is 0. The van der Waals surface area contributed by atoms with Crippen molar-refractivity contribution < 1.29 is 23.9 Å². The molecule has 0 saturated carbocycles. The van der Waals surface area contributed by atoms with E-state index in [-0.39, 0.29) is 22.6 Å². The highest BCUT2D eigenvalue weighted by Crippen LogP contribution is 2.26. The maximum atomic E-state index is 12.8. The third-order valence-corrected chi connectivity index (χ3v) is 6.01. The number of carbonyl (C=O) groups excluding carboxylic acids is 3. The predicted octanol–water partition coefficient (Wildman–Crippen LogP) is 6.96. The Labute approximate surface area is 236 Å². The molecule has 0 spiro atoms. The van der Waals surface area contributed by atoms with Gasteiger partial charge in [0.25, 0.3) is 5.91 Å². The minimum Gasteiger partial charge on any atom is -0.423 e. The van der Waals surface area contributed by atoms with E-state index in [2.05, 4.69) is 26.5 Å². The van der Waals surface area contributed by atoms with Crippen LogP contribution in [-0.4, -0.2) is 24.1 Å². The summed E-state index contributed by atoms with van der Waals surface area (Å²) in [5, 5.41) is 4.92. The summed E-state index contributed by atoms with van der Waals surface area (Å²) in [5.74, 6) is -1.56. The second-order valence-corrected chi connectivity index (χ2v) is 9.49. The molecule has 1 amide bonds. The van der Waals surface area contributed by atoms with Gasteiger partial charge in [-0.2, -0.15) is 5.10 Å². The van der Waals surface area contributed by atoms with Crippen molar-refractivity contribution in [3.8, 4) is 11.5 Å². The van der Waals surface area contributed by atoms with E-state index >= 15 is 0 Å². The molecular weight excluding hydrogens is 595 g/mol. The minimum atomic E-state index is -0.671. The summed E-state index contributed by atoms with van der Waals surface area (Å²) in [6, 6.07) is 23.6. The Bertz CT molecular complexity index is 1520. The van der Waals surface area contributed by atoms with E-state index in [1.165, 1.54) is 48.7 Å². The summed E-state index contributed by atoms with van der Waals surface area (Å²) in [5.41, 5.74) is 3.70. The average Bonchev–Trinajstić information content (AvgIpc) is 2.90. The second kappa shape index (κ2) is 12.5. The summed E-state index contributed by atoms with van der Waals surface area (Å²) in [6.07, 6.45) is 1.31. The zero-order valence-corrected chi connectivity index (χ0v) is 22.5. The smallest absolute Gasteiger partial charge is 0.343 e. The van der Waals surface area contributed by atoms with Gasteiger partial charge in [-0.1, -0.05) is 45.2 Å². The van der Waals surface area contributed by atoms with Crippen molar-refractivity contribution in [3.63, 3.8) is 0 Å². The van der Waals surface area contributed by atoms with E-state index in [0.29, 0.717) is 21.2 Å². The summed E-state index contributed by atoms with van der Waals surface area (Å²) in [4.78, 5) is 37.7. The van der Waals surface area contributed by atoms with Crippen LogP contribution in [0.1, 0.15) is 36.6 Å². The number of nitrogens with one attached hydrogen (secondary N) is 1. The number of hydrazone groups is 1. The molecule has 0 atom stereocenters. The number of hydrogen-bond donors (Lipinski definition) is 1. The maximum absolute atomic E-state index is 12.8. The van der Waals surface area contributed by atoms with E-state index < -0.39 is 17.8 Å². The van der Waals surface area contributed by atoms with Gasteiger partial charge in [0.1, 0.15) is 11.5 Å². The molecule has 10 heteroatoms. The van der Waals surface area contributed by atoms with Crippen LogP contribution in [0.2, 0.25) is 10.0 Å². The summed E-state index contributed by atoms with van der Waals surface area (Å²) in [7, 11) is 0. The minimum absolute atomic E-state index is 0.0480. The first-order valence-electron chi connectivity index (χ1n) is 11.0. The third kappa shape index (κ3) is 7.29. The first-order valence-corrected chi connectivity index (χ1v) is 12.5. The molecular formula is C28H17BrCl2N2O5. The molecule has 0 aliphatic carbocycles. The lowest BCUT2D eigenvalue weighted by Crippen LogP contribution is -2.17. The van der Waals surface area contributed by atoms with Gasteiger partial charge >= 0.3 is 11.9 Å². The highest BCUT2D eigenvalue weighted by Gasteiger charge is 2.15. The maximum Gasteiger partial charge on any atom is 0.343 e. The van der Waals surface area contributed by atoms with E-state index in [1.807, 2.05) is 0 Å². The zero-order valence-electron chi connectivity index (χ0n) is 19.4. The molecule has 0 bridgehead atoms. The number of hydrogen-bond acceptors (Lipinski definition) is 6. The molecule has 0 aliphatic rings. The van der Waals surface area contributed by atoms with E-state index in [1.54, 1.807) is 48.5 Å². The second-order valence-electron chi connectivity index (χ2n) is 7.70. The first-order chi connectivity index (χ1) is 18.3. The Morgan fingerprint density at radius 3 is 1.95 bits per heavy atom. The molecule has 0 fully saturated rings. The van der Waals surface area contributed by atoms with Gasteiger partial charge in [-0.15, -0.1) is 0 Å². The molecule has 4 aromatic carbocycles. The Kier molecular flexibility index (Phi) is 8.91. The van der Waals surface area contributed by atoms with Crippen molar-refractivity contribution in [2.45, 2.75) is 0 Å². The van der Waals surface area contributed by atoms with Gasteiger partial charge < -0.3 is 9.47 Å². The lowest BCUT2D eigenvalue weighted by molar-refractivity contribution is 0.0732. The van der Waals surface area contributed by atoms with Gasteiger partial charge in [-0.05, 0) is 78.9 Å². The first kappa shape index (κ1) is 27.1. The Morgan fingerprint density at radius 2 is 1.34 bits per heavy atom. The third-order valence-electron chi connectivity index (χ3n) is 5.01. The lowest BCUT2D eigenvalue weighted by atomic mass is 10.2. The van der Waals surface area contributed by atoms with Crippen LogP contribution in [0.3, 0.4) is 0 Å². The number of esters is 2. The van der Waals surface area contributed by atoms with Crippen molar-refractivity contribution >= 4 is 63.2 Å². The van der Waals surface area contributed by atoms with Crippen molar-refractivity contribution in [3.05, 3.63) is 128 Å². The van der Waals surface area contributed by atoms with E-state index in [9.17, 15) is 14.4 Å². The molecule has 0 radical (unpaired) electrons. The van der Waals surface area contributed by atoms with Crippen molar-refractivity contribution in [2.24, 2.45) is 5.10 Å². The van der Waals surface area contributed by atoms with Gasteiger partial charge in [0, 0.05) is 31.7 Å².